The maximum Gasteiger partial charge on any atom is 0.266 e. The first-order valence-corrected chi connectivity index (χ1v) is 12.6. The fourth-order valence-electron chi connectivity index (χ4n) is 4.52. The molecule has 1 amide bonds. The minimum absolute atomic E-state index is 0.00334. The number of nitrogens with zero attached hydrogens (tertiary/aromatic N) is 1. The molecule has 0 unspecified atom stereocenters. The molecular weight excluding hydrogens is 448 g/mol. The Hall–Kier alpha value is -4.04. The molecular formula is C31H32N2O3. The molecule has 3 aromatic carbocycles. The van der Waals surface area contributed by atoms with E-state index in [9.17, 15) is 10.1 Å². The van der Waals surface area contributed by atoms with E-state index in [0.717, 1.165) is 11.3 Å². The molecule has 5 heteroatoms. The zero-order valence-corrected chi connectivity index (χ0v) is 20.7. The average molecular weight is 481 g/mol. The third-order valence-corrected chi connectivity index (χ3v) is 6.54. The lowest BCUT2D eigenvalue weighted by Gasteiger charge is -2.22. The maximum absolute atomic E-state index is 12.7. The number of hydrogen-bond acceptors (Lipinski definition) is 4. The van der Waals surface area contributed by atoms with Crippen LogP contribution in [0.2, 0.25) is 0 Å². The molecule has 3 aromatic rings. The standard InChI is InChI=1S/C31H32N2O3/c1-23-9-5-7-13-29(23)33-31(34)27(22-32)21-26-12-6-8-14-30(26)36-20-19-35-28-17-15-25(16-18-28)24-10-3-2-4-11-24/h5-9,12-18,21,24H,2-4,10-11,19-20H2,1H3,(H,33,34)/b27-21+. The van der Waals surface area contributed by atoms with Crippen LogP contribution in [0.1, 0.15) is 54.7 Å². The van der Waals surface area contributed by atoms with Gasteiger partial charge in [-0.15, -0.1) is 0 Å². The van der Waals surface area contributed by atoms with E-state index in [0.29, 0.717) is 36.1 Å². The van der Waals surface area contributed by atoms with Crippen molar-refractivity contribution in [2.75, 3.05) is 18.5 Å². The van der Waals surface area contributed by atoms with Crippen LogP contribution in [0.5, 0.6) is 11.5 Å². The fraction of sp³-hybridized carbons (Fsp3) is 0.290. The van der Waals surface area contributed by atoms with Crippen molar-refractivity contribution in [2.24, 2.45) is 0 Å². The number of nitrogens with one attached hydrogen (secondary N) is 1. The molecule has 36 heavy (non-hydrogen) atoms. The molecule has 0 aliphatic heterocycles. The van der Waals surface area contributed by atoms with Gasteiger partial charge >= 0.3 is 0 Å². The van der Waals surface area contributed by atoms with Gasteiger partial charge in [0.1, 0.15) is 36.4 Å². The van der Waals surface area contributed by atoms with Gasteiger partial charge in [0.25, 0.3) is 5.91 Å². The molecule has 1 aliphatic carbocycles. The SMILES string of the molecule is Cc1ccccc1NC(=O)/C(C#N)=C/c1ccccc1OCCOc1ccc(C2CCCCC2)cc1. The third-order valence-electron chi connectivity index (χ3n) is 6.54. The smallest absolute Gasteiger partial charge is 0.266 e. The maximum atomic E-state index is 12.7. The number of carbonyl (C=O) groups is 1. The van der Waals surface area contributed by atoms with E-state index in [-0.39, 0.29) is 5.57 Å². The van der Waals surface area contributed by atoms with Crippen LogP contribution < -0.4 is 14.8 Å². The lowest BCUT2D eigenvalue weighted by Crippen LogP contribution is -2.14. The topological polar surface area (TPSA) is 71.4 Å². The molecule has 4 rings (SSSR count). The first-order chi connectivity index (χ1) is 17.6. The number of carbonyl (C=O) groups excluding carboxylic acids is 1. The van der Waals surface area contributed by atoms with Gasteiger partial charge in [0, 0.05) is 11.3 Å². The first kappa shape index (κ1) is 25.1. The highest BCUT2D eigenvalue weighted by Gasteiger charge is 2.15. The summed E-state index contributed by atoms with van der Waals surface area (Å²) in [5.41, 5.74) is 3.67. The van der Waals surface area contributed by atoms with Gasteiger partial charge in [0.2, 0.25) is 0 Å². The minimum Gasteiger partial charge on any atom is -0.490 e. The van der Waals surface area contributed by atoms with Gasteiger partial charge in [-0.3, -0.25) is 4.79 Å². The van der Waals surface area contributed by atoms with E-state index < -0.39 is 5.91 Å². The Morgan fingerprint density at radius 2 is 1.64 bits per heavy atom. The van der Waals surface area contributed by atoms with Crippen molar-refractivity contribution < 1.29 is 14.3 Å². The van der Waals surface area contributed by atoms with Crippen LogP contribution in [0.3, 0.4) is 0 Å². The van der Waals surface area contributed by atoms with Crippen molar-refractivity contribution in [3.63, 3.8) is 0 Å². The minimum atomic E-state index is -0.457. The number of ether oxygens (including phenoxy) is 2. The van der Waals surface area contributed by atoms with Gasteiger partial charge < -0.3 is 14.8 Å². The molecule has 184 valence electrons. The van der Waals surface area contributed by atoms with Crippen molar-refractivity contribution in [1.82, 2.24) is 0 Å². The number of amides is 1. The summed E-state index contributed by atoms with van der Waals surface area (Å²) in [6, 6.07) is 25.2. The van der Waals surface area contributed by atoms with E-state index in [1.807, 2.05) is 73.7 Å². The Morgan fingerprint density at radius 1 is 0.944 bits per heavy atom. The first-order valence-electron chi connectivity index (χ1n) is 12.6. The average Bonchev–Trinajstić information content (AvgIpc) is 2.92. The second-order valence-corrected chi connectivity index (χ2v) is 9.08. The molecule has 0 aromatic heterocycles. The number of aryl methyl sites for hydroxylation is 1. The summed E-state index contributed by atoms with van der Waals surface area (Å²) in [5, 5.41) is 12.4. The Kier molecular flexibility index (Phi) is 8.77. The third kappa shape index (κ3) is 6.76. The van der Waals surface area contributed by atoms with Crippen LogP contribution >= 0.6 is 0 Å². The van der Waals surface area contributed by atoms with Gasteiger partial charge in [-0.1, -0.05) is 67.8 Å². The zero-order chi connectivity index (χ0) is 25.2. The Balaban J connectivity index is 1.33. The predicted molar refractivity (Wildman–Crippen MR) is 143 cm³/mol. The number of hydrogen-bond donors (Lipinski definition) is 1. The number of nitriles is 1. The van der Waals surface area contributed by atoms with Gasteiger partial charge in [-0.05, 0) is 67.2 Å². The van der Waals surface area contributed by atoms with E-state index in [1.165, 1.54) is 37.7 Å². The normalized spacial score (nSPS) is 14.1. The van der Waals surface area contributed by atoms with Crippen LogP contribution in [-0.2, 0) is 4.79 Å². The lowest BCUT2D eigenvalue weighted by molar-refractivity contribution is -0.112. The van der Waals surface area contributed by atoms with E-state index in [4.69, 9.17) is 9.47 Å². The summed E-state index contributed by atoms with van der Waals surface area (Å²) in [6.07, 6.45) is 8.11. The van der Waals surface area contributed by atoms with E-state index in [1.54, 1.807) is 6.08 Å². The van der Waals surface area contributed by atoms with Gasteiger partial charge in [0.05, 0.1) is 0 Å². The van der Waals surface area contributed by atoms with Crippen molar-refractivity contribution >= 4 is 17.7 Å². The van der Waals surface area contributed by atoms with Crippen LogP contribution in [0.4, 0.5) is 5.69 Å². The predicted octanol–water partition coefficient (Wildman–Crippen LogP) is 7.05. The summed E-state index contributed by atoms with van der Waals surface area (Å²) in [7, 11) is 0. The molecule has 1 fully saturated rings. The van der Waals surface area contributed by atoms with Crippen LogP contribution in [0.25, 0.3) is 6.08 Å². The molecule has 0 saturated heterocycles. The van der Waals surface area contributed by atoms with Crippen LogP contribution in [-0.4, -0.2) is 19.1 Å². The molecule has 0 spiro atoms. The molecule has 1 aliphatic rings. The number of benzene rings is 3. The monoisotopic (exact) mass is 480 g/mol. The summed E-state index contributed by atoms with van der Waals surface area (Å²) in [6.45, 7) is 2.63. The molecule has 0 atom stereocenters. The van der Waals surface area contributed by atoms with Crippen molar-refractivity contribution in [3.8, 4) is 17.6 Å². The van der Waals surface area contributed by atoms with E-state index >= 15 is 0 Å². The molecule has 0 heterocycles. The Bertz CT molecular complexity index is 1240. The summed E-state index contributed by atoms with van der Waals surface area (Å²) < 4.78 is 11.8. The second kappa shape index (κ2) is 12.6. The van der Waals surface area contributed by atoms with Crippen molar-refractivity contribution in [3.05, 3.63) is 95.1 Å². The summed E-state index contributed by atoms with van der Waals surface area (Å²) in [5.74, 6) is 1.63. The highest BCUT2D eigenvalue weighted by molar-refractivity contribution is 6.10. The quantitative estimate of drug-likeness (QED) is 0.202. The molecule has 1 N–H and O–H groups in total. The zero-order valence-electron chi connectivity index (χ0n) is 20.7. The number of rotatable bonds is 9. The Labute approximate surface area is 213 Å². The lowest BCUT2D eigenvalue weighted by atomic mass is 9.84. The van der Waals surface area contributed by atoms with Crippen molar-refractivity contribution in [2.45, 2.75) is 44.9 Å². The summed E-state index contributed by atoms with van der Waals surface area (Å²) >= 11 is 0. The molecule has 0 radical (unpaired) electrons. The highest BCUT2D eigenvalue weighted by atomic mass is 16.5. The van der Waals surface area contributed by atoms with Gasteiger partial charge in [0.15, 0.2) is 0 Å². The Morgan fingerprint density at radius 3 is 2.39 bits per heavy atom. The van der Waals surface area contributed by atoms with E-state index in [2.05, 4.69) is 17.4 Å². The highest BCUT2D eigenvalue weighted by Crippen LogP contribution is 2.33. The molecule has 1 saturated carbocycles. The largest absolute Gasteiger partial charge is 0.490 e. The molecule has 0 bridgehead atoms. The summed E-state index contributed by atoms with van der Waals surface area (Å²) in [4.78, 5) is 12.7. The van der Waals surface area contributed by atoms with Crippen LogP contribution in [0, 0.1) is 18.3 Å². The van der Waals surface area contributed by atoms with Crippen LogP contribution in [0.15, 0.2) is 78.4 Å². The van der Waals surface area contributed by atoms with Gasteiger partial charge in [-0.25, -0.2) is 0 Å². The number of anilines is 1. The fourth-order valence-corrected chi connectivity index (χ4v) is 4.52. The molecule has 5 nitrogen and oxygen atoms in total. The van der Waals surface area contributed by atoms with Gasteiger partial charge in [-0.2, -0.15) is 5.26 Å². The number of para-hydroxylation sites is 2. The van der Waals surface area contributed by atoms with Crippen molar-refractivity contribution in [1.29, 1.82) is 5.26 Å². The second-order valence-electron chi connectivity index (χ2n) is 9.08.